The molecule has 1 spiro atoms. The molecular weight excluding hydrogens is 378 g/mol. The smallest absolute Gasteiger partial charge is 0.231 e. The largest absolute Gasteiger partial charge is 0.454 e. The summed E-state index contributed by atoms with van der Waals surface area (Å²) in [5.41, 5.74) is 2.17. The van der Waals surface area contributed by atoms with Crippen LogP contribution in [0.25, 0.3) is 0 Å². The highest BCUT2D eigenvalue weighted by Crippen LogP contribution is 2.46. The summed E-state index contributed by atoms with van der Waals surface area (Å²) < 4.78 is 11.2. The molecule has 4 rings (SSSR count). The molecule has 0 radical (unpaired) electrons. The molecule has 1 aliphatic carbocycles. The molecule has 2 N–H and O–H groups in total. The van der Waals surface area contributed by atoms with E-state index < -0.39 is 6.35 Å². The van der Waals surface area contributed by atoms with E-state index >= 15 is 0 Å². The molecular formula is C24H33N3O3. The van der Waals surface area contributed by atoms with E-state index in [4.69, 9.17) is 9.47 Å². The van der Waals surface area contributed by atoms with Crippen LogP contribution in [-0.2, 0) is 15.0 Å². The van der Waals surface area contributed by atoms with Crippen LogP contribution in [0.4, 0.5) is 0 Å². The Kier molecular flexibility index (Phi) is 5.66. The van der Waals surface area contributed by atoms with Gasteiger partial charge in [-0.15, -0.1) is 0 Å². The molecule has 1 aromatic carbocycles. The van der Waals surface area contributed by atoms with Gasteiger partial charge in [0.2, 0.25) is 6.79 Å². The fourth-order valence-corrected chi connectivity index (χ4v) is 5.23. The Morgan fingerprint density at radius 1 is 1.20 bits per heavy atom. The van der Waals surface area contributed by atoms with Crippen molar-refractivity contribution in [3.05, 3.63) is 71.8 Å². The molecule has 6 nitrogen and oxygen atoms in total. The van der Waals surface area contributed by atoms with Gasteiger partial charge in [-0.1, -0.05) is 43.0 Å². The predicted molar refractivity (Wildman–Crippen MR) is 117 cm³/mol. The van der Waals surface area contributed by atoms with Gasteiger partial charge in [-0.3, -0.25) is 10.2 Å². The normalized spacial score (nSPS) is 34.4. The number of ether oxygens (including phenoxy) is 2. The van der Waals surface area contributed by atoms with E-state index in [1.807, 2.05) is 11.8 Å². The van der Waals surface area contributed by atoms with E-state index in [9.17, 15) is 5.11 Å². The number of aliphatic hydroxyl groups excluding tert-OH is 1. The molecule has 162 valence electrons. The fourth-order valence-electron chi connectivity index (χ4n) is 5.23. The third-order valence-corrected chi connectivity index (χ3v) is 7.08. The third-order valence-electron chi connectivity index (χ3n) is 7.08. The lowest BCUT2D eigenvalue weighted by Crippen LogP contribution is -2.54. The molecule has 30 heavy (non-hydrogen) atoms. The van der Waals surface area contributed by atoms with E-state index in [1.165, 1.54) is 5.56 Å². The van der Waals surface area contributed by atoms with Gasteiger partial charge < -0.3 is 19.5 Å². The van der Waals surface area contributed by atoms with Crippen LogP contribution in [0, 0.1) is 0 Å². The van der Waals surface area contributed by atoms with E-state index in [-0.39, 0.29) is 17.9 Å². The fraction of sp³-hybridized carbons (Fsp3) is 0.500. The van der Waals surface area contributed by atoms with Crippen LogP contribution in [0.3, 0.4) is 0 Å². The molecule has 0 amide bonds. The van der Waals surface area contributed by atoms with Crippen molar-refractivity contribution < 1.29 is 14.6 Å². The van der Waals surface area contributed by atoms with E-state index in [0.29, 0.717) is 11.5 Å². The summed E-state index contributed by atoms with van der Waals surface area (Å²) in [5, 5.41) is 14.3. The molecule has 1 atom stereocenters. The molecule has 1 unspecified atom stereocenters. The Balaban J connectivity index is 1.54. The summed E-state index contributed by atoms with van der Waals surface area (Å²) in [6.07, 6.45) is 6.79. The summed E-state index contributed by atoms with van der Waals surface area (Å²) in [7, 11) is 4.35. The minimum absolute atomic E-state index is 0.0301. The van der Waals surface area contributed by atoms with Gasteiger partial charge in [-0.05, 0) is 58.3 Å². The van der Waals surface area contributed by atoms with E-state index in [0.717, 1.165) is 37.9 Å². The first-order valence-electron chi connectivity index (χ1n) is 10.7. The summed E-state index contributed by atoms with van der Waals surface area (Å²) in [6, 6.07) is 10.8. The van der Waals surface area contributed by atoms with Crippen molar-refractivity contribution in [1.82, 2.24) is 15.1 Å². The number of aliphatic hydroxyl groups is 1. The Hall–Kier alpha value is -2.28. The second-order valence-electron chi connectivity index (χ2n) is 8.81. The van der Waals surface area contributed by atoms with Crippen LogP contribution in [0.15, 0.2) is 66.3 Å². The number of allylic oxidation sites excluding steroid dienone is 3. The summed E-state index contributed by atoms with van der Waals surface area (Å²) >= 11 is 0. The number of nitrogens with one attached hydrogen (secondary N) is 1. The zero-order valence-corrected chi connectivity index (χ0v) is 18.2. The highest BCUT2D eigenvalue weighted by Gasteiger charge is 2.50. The molecule has 1 saturated carbocycles. The first-order valence-corrected chi connectivity index (χ1v) is 10.7. The van der Waals surface area contributed by atoms with Gasteiger partial charge in [0.05, 0.1) is 5.70 Å². The Bertz CT molecular complexity index is 839. The average molecular weight is 412 g/mol. The Labute approximate surface area is 179 Å². The van der Waals surface area contributed by atoms with Gasteiger partial charge >= 0.3 is 0 Å². The molecule has 0 bridgehead atoms. The average Bonchev–Trinajstić information content (AvgIpc) is 3.33. The molecule has 2 aliphatic heterocycles. The zero-order chi connectivity index (χ0) is 21.4. The van der Waals surface area contributed by atoms with E-state index in [2.05, 4.69) is 61.2 Å². The number of hydrogen-bond donors (Lipinski definition) is 2. The van der Waals surface area contributed by atoms with Crippen molar-refractivity contribution in [1.29, 1.82) is 0 Å². The molecule has 0 aromatic heterocycles. The maximum atomic E-state index is 10.8. The van der Waals surface area contributed by atoms with Crippen molar-refractivity contribution in [2.24, 2.45) is 0 Å². The molecule has 1 aromatic rings. The first kappa shape index (κ1) is 21.0. The number of rotatable bonds is 4. The lowest BCUT2D eigenvalue weighted by atomic mass is 9.69. The number of nitrogens with zero attached hydrogens (tertiary/aromatic N) is 2. The SMILES string of the molecule is C=C/C=C1/OCO/C1=C(/C)N1C[C@]2(CC[C@](c3ccccc3)(N(C)C)CC2)NC1O. The number of hydrogen-bond acceptors (Lipinski definition) is 6. The van der Waals surface area contributed by atoms with Gasteiger partial charge in [0.1, 0.15) is 0 Å². The molecule has 3 fully saturated rings. The van der Waals surface area contributed by atoms with Crippen LogP contribution in [0.1, 0.15) is 38.2 Å². The predicted octanol–water partition coefficient (Wildman–Crippen LogP) is 3.24. The van der Waals surface area contributed by atoms with Gasteiger partial charge in [-0.25, -0.2) is 0 Å². The summed E-state index contributed by atoms with van der Waals surface area (Å²) in [4.78, 5) is 4.35. The molecule has 2 saturated heterocycles. The topological polar surface area (TPSA) is 57.2 Å². The Morgan fingerprint density at radius 2 is 1.90 bits per heavy atom. The minimum Gasteiger partial charge on any atom is -0.454 e. The highest BCUT2D eigenvalue weighted by atomic mass is 16.7. The summed E-state index contributed by atoms with van der Waals surface area (Å²) in [6.45, 7) is 6.65. The van der Waals surface area contributed by atoms with Gasteiger partial charge in [0.15, 0.2) is 17.9 Å². The van der Waals surface area contributed by atoms with Crippen molar-refractivity contribution in [3.63, 3.8) is 0 Å². The lowest BCUT2D eigenvalue weighted by Gasteiger charge is -2.49. The second-order valence-corrected chi connectivity index (χ2v) is 8.81. The second kappa shape index (κ2) is 8.10. The van der Waals surface area contributed by atoms with Crippen LogP contribution >= 0.6 is 0 Å². The summed E-state index contributed by atoms with van der Waals surface area (Å²) in [5.74, 6) is 1.34. The zero-order valence-electron chi connectivity index (χ0n) is 18.2. The maximum Gasteiger partial charge on any atom is 0.231 e. The van der Waals surface area contributed by atoms with E-state index in [1.54, 1.807) is 12.2 Å². The Morgan fingerprint density at radius 3 is 2.53 bits per heavy atom. The minimum atomic E-state index is -0.740. The molecule has 3 aliphatic rings. The van der Waals surface area contributed by atoms with Gasteiger partial charge in [0, 0.05) is 17.6 Å². The first-order chi connectivity index (χ1) is 14.4. The highest BCUT2D eigenvalue weighted by molar-refractivity contribution is 5.31. The monoisotopic (exact) mass is 411 g/mol. The van der Waals surface area contributed by atoms with Crippen LogP contribution in [-0.4, -0.2) is 54.2 Å². The van der Waals surface area contributed by atoms with Crippen molar-refractivity contribution in [3.8, 4) is 0 Å². The van der Waals surface area contributed by atoms with Crippen LogP contribution in [0.5, 0.6) is 0 Å². The van der Waals surface area contributed by atoms with Crippen LogP contribution < -0.4 is 5.32 Å². The number of benzene rings is 1. The lowest BCUT2D eigenvalue weighted by molar-refractivity contribution is 0.0296. The van der Waals surface area contributed by atoms with Crippen molar-refractivity contribution in [2.75, 3.05) is 27.4 Å². The quantitative estimate of drug-likeness (QED) is 0.793. The van der Waals surface area contributed by atoms with Crippen molar-refractivity contribution in [2.45, 2.75) is 50.0 Å². The molecule has 2 heterocycles. The van der Waals surface area contributed by atoms with Crippen molar-refractivity contribution >= 4 is 0 Å². The maximum absolute atomic E-state index is 10.8. The standard InChI is InChI=1S/C24H33N3O3/c1-5-9-20-21(30-17-29-20)18(2)27-16-23(25-22(27)28)12-14-24(15-13-23,26(3)4)19-10-7-6-8-11-19/h5-11,22,25,28H,1,12-17H2,2-4H3/b20-9+,21-18-/t22?,23-,24+. The van der Waals surface area contributed by atoms with Gasteiger partial charge in [0.25, 0.3) is 0 Å². The van der Waals surface area contributed by atoms with Gasteiger partial charge in [-0.2, -0.15) is 0 Å². The molecule has 6 heteroatoms. The van der Waals surface area contributed by atoms with Crippen LogP contribution in [0.2, 0.25) is 0 Å². The third kappa shape index (κ3) is 3.53.